The van der Waals surface area contributed by atoms with Crippen molar-refractivity contribution >= 4 is 0 Å². The maximum Gasteiger partial charge on any atom is 0.0717 e. The molecule has 158 valence electrons. The van der Waals surface area contributed by atoms with Gasteiger partial charge in [0.25, 0.3) is 0 Å². The van der Waals surface area contributed by atoms with E-state index in [4.69, 9.17) is 9.47 Å². The molecular weight excluding hydrogens is 322 g/mol. The normalized spacial score (nSPS) is 27.0. The van der Waals surface area contributed by atoms with Gasteiger partial charge in [-0.15, -0.1) is 0 Å². The van der Waals surface area contributed by atoms with Crippen LogP contribution >= 0.6 is 0 Å². The Morgan fingerprint density at radius 2 is 1.19 bits per heavy atom. The Hall–Kier alpha value is -0.120. The van der Waals surface area contributed by atoms with Gasteiger partial charge in [-0.3, -0.25) is 4.90 Å². The first-order chi connectivity index (χ1) is 11.7. The largest absolute Gasteiger partial charge is 0.376 e. The summed E-state index contributed by atoms with van der Waals surface area (Å²) < 4.78 is 11.6. The molecule has 0 aromatic heterocycles. The van der Waals surface area contributed by atoms with E-state index in [9.17, 15) is 0 Å². The quantitative estimate of drug-likeness (QED) is 0.558. The summed E-state index contributed by atoms with van der Waals surface area (Å²) in [5.74, 6) is 1.81. The van der Waals surface area contributed by atoms with Crippen molar-refractivity contribution in [1.82, 2.24) is 4.90 Å². The summed E-state index contributed by atoms with van der Waals surface area (Å²) in [4.78, 5) is 2.48. The molecule has 1 unspecified atom stereocenters. The number of likely N-dealkylation sites (tertiary alicyclic amines) is 1. The van der Waals surface area contributed by atoms with Gasteiger partial charge in [-0.05, 0) is 85.5 Å². The summed E-state index contributed by atoms with van der Waals surface area (Å²) in [6, 6.07) is 0.672. The molecule has 0 spiro atoms. The summed E-state index contributed by atoms with van der Waals surface area (Å²) in [5.41, 5.74) is 0. The number of rotatable bonds is 6. The standard InChI is InChI=1S/C12H24O.C10H21NO.CH4/c1-9(2)11-5-7-12(8-6-11)13-10(3)4;1-8(2)11-6-5-10(7-11)12-9(3)4;/h9-12H,5-8H2,1-4H3;8-10H,5-7H2,1-4H3;1H4. The summed E-state index contributed by atoms with van der Waals surface area (Å²) in [5, 5.41) is 0. The molecule has 1 atom stereocenters. The molecule has 2 rings (SSSR count). The molecule has 3 heteroatoms. The highest BCUT2D eigenvalue weighted by atomic mass is 16.5. The van der Waals surface area contributed by atoms with Gasteiger partial charge in [0.1, 0.15) is 0 Å². The summed E-state index contributed by atoms with van der Waals surface area (Å²) in [6.07, 6.45) is 8.31. The Morgan fingerprint density at radius 3 is 1.58 bits per heavy atom. The fourth-order valence-electron chi connectivity index (χ4n) is 4.00. The van der Waals surface area contributed by atoms with Crippen LogP contribution in [0.5, 0.6) is 0 Å². The van der Waals surface area contributed by atoms with Gasteiger partial charge in [-0.1, -0.05) is 21.3 Å². The molecule has 0 aromatic carbocycles. The van der Waals surface area contributed by atoms with Gasteiger partial charge in [0.15, 0.2) is 0 Å². The molecule has 1 aliphatic heterocycles. The van der Waals surface area contributed by atoms with Crippen LogP contribution in [0.1, 0.15) is 94.9 Å². The smallest absolute Gasteiger partial charge is 0.0717 e. The van der Waals surface area contributed by atoms with Gasteiger partial charge < -0.3 is 9.47 Å². The molecule has 2 fully saturated rings. The van der Waals surface area contributed by atoms with E-state index in [1.807, 2.05) is 0 Å². The predicted octanol–water partition coefficient (Wildman–Crippen LogP) is 6.16. The lowest BCUT2D eigenvalue weighted by Gasteiger charge is -2.31. The summed E-state index contributed by atoms with van der Waals surface area (Å²) >= 11 is 0. The molecule has 1 heterocycles. The van der Waals surface area contributed by atoms with Crippen LogP contribution in [-0.2, 0) is 9.47 Å². The van der Waals surface area contributed by atoms with Crippen molar-refractivity contribution in [3.8, 4) is 0 Å². The average molecular weight is 372 g/mol. The van der Waals surface area contributed by atoms with Crippen LogP contribution in [0.4, 0.5) is 0 Å². The van der Waals surface area contributed by atoms with Crippen LogP contribution in [-0.4, -0.2) is 48.4 Å². The number of nitrogens with zero attached hydrogens (tertiary/aromatic N) is 1. The van der Waals surface area contributed by atoms with E-state index in [0.717, 1.165) is 18.4 Å². The molecule has 1 saturated heterocycles. The highest BCUT2D eigenvalue weighted by Gasteiger charge is 2.25. The topological polar surface area (TPSA) is 21.7 Å². The van der Waals surface area contributed by atoms with Crippen molar-refractivity contribution in [1.29, 1.82) is 0 Å². The lowest BCUT2D eigenvalue weighted by molar-refractivity contribution is -0.0230. The molecule has 0 radical (unpaired) electrons. The first kappa shape index (κ1) is 25.9. The molecule has 0 bridgehead atoms. The molecule has 1 aliphatic carbocycles. The summed E-state index contributed by atoms with van der Waals surface area (Å²) in [6.45, 7) is 20.0. The molecule has 0 N–H and O–H groups in total. The van der Waals surface area contributed by atoms with E-state index in [-0.39, 0.29) is 7.43 Å². The highest BCUT2D eigenvalue weighted by molar-refractivity contribution is 4.78. The van der Waals surface area contributed by atoms with E-state index >= 15 is 0 Å². The van der Waals surface area contributed by atoms with Crippen LogP contribution in [0.25, 0.3) is 0 Å². The Bertz CT molecular complexity index is 333. The minimum atomic E-state index is 0. The van der Waals surface area contributed by atoms with Crippen LogP contribution in [0.15, 0.2) is 0 Å². The zero-order valence-corrected chi connectivity index (χ0v) is 18.3. The Balaban J connectivity index is 0.000000464. The third kappa shape index (κ3) is 10.3. The second kappa shape index (κ2) is 13.1. The number of hydrogen-bond acceptors (Lipinski definition) is 3. The van der Waals surface area contributed by atoms with Crippen molar-refractivity contribution in [2.45, 2.75) is 125 Å². The van der Waals surface area contributed by atoms with Gasteiger partial charge in [0.2, 0.25) is 0 Å². The van der Waals surface area contributed by atoms with E-state index in [0.29, 0.717) is 30.5 Å². The fraction of sp³-hybridized carbons (Fsp3) is 1.00. The third-order valence-electron chi connectivity index (χ3n) is 5.50. The fourth-order valence-corrected chi connectivity index (χ4v) is 4.00. The molecule has 1 saturated carbocycles. The first-order valence-corrected chi connectivity index (χ1v) is 10.7. The first-order valence-electron chi connectivity index (χ1n) is 10.7. The zero-order valence-electron chi connectivity index (χ0n) is 18.3. The van der Waals surface area contributed by atoms with E-state index in [1.54, 1.807) is 0 Å². The second-order valence-corrected chi connectivity index (χ2v) is 9.15. The molecule has 0 aromatic rings. The SMILES string of the molecule is C.CC(C)OC1CCC(C(C)C)CC1.CC(C)OC1CCN(C(C)C)C1. The maximum absolute atomic E-state index is 5.82. The second-order valence-electron chi connectivity index (χ2n) is 9.15. The van der Waals surface area contributed by atoms with E-state index < -0.39 is 0 Å². The van der Waals surface area contributed by atoms with Crippen molar-refractivity contribution in [2.24, 2.45) is 11.8 Å². The molecule has 3 nitrogen and oxygen atoms in total. The minimum Gasteiger partial charge on any atom is -0.376 e. The van der Waals surface area contributed by atoms with Crippen LogP contribution in [0.2, 0.25) is 0 Å². The lowest BCUT2D eigenvalue weighted by Crippen LogP contribution is -2.30. The molecule has 0 amide bonds. The zero-order chi connectivity index (χ0) is 19.0. The third-order valence-corrected chi connectivity index (χ3v) is 5.50. The maximum atomic E-state index is 5.82. The number of hydrogen-bond donors (Lipinski definition) is 0. The molecule has 26 heavy (non-hydrogen) atoms. The van der Waals surface area contributed by atoms with E-state index in [1.165, 1.54) is 38.6 Å². The average Bonchev–Trinajstić information content (AvgIpc) is 2.96. The lowest BCUT2D eigenvalue weighted by atomic mass is 9.80. The van der Waals surface area contributed by atoms with Gasteiger partial charge in [-0.2, -0.15) is 0 Å². The van der Waals surface area contributed by atoms with Crippen molar-refractivity contribution in [2.75, 3.05) is 13.1 Å². The molecular formula is C23H49NO2. The highest BCUT2D eigenvalue weighted by Crippen LogP contribution is 2.31. The van der Waals surface area contributed by atoms with Gasteiger partial charge in [-0.25, -0.2) is 0 Å². The Labute approximate surface area is 165 Å². The van der Waals surface area contributed by atoms with Gasteiger partial charge in [0, 0.05) is 19.1 Å². The van der Waals surface area contributed by atoms with E-state index in [2.05, 4.69) is 60.3 Å². The monoisotopic (exact) mass is 371 g/mol. The van der Waals surface area contributed by atoms with Crippen LogP contribution in [0.3, 0.4) is 0 Å². The Kier molecular flexibility index (Phi) is 13.1. The van der Waals surface area contributed by atoms with Crippen molar-refractivity contribution < 1.29 is 9.47 Å². The molecule has 2 aliphatic rings. The predicted molar refractivity (Wildman–Crippen MR) is 115 cm³/mol. The summed E-state index contributed by atoms with van der Waals surface area (Å²) in [7, 11) is 0. The van der Waals surface area contributed by atoms with Gasteiger partial charge >= 0.3 is 0 Å². The number of ether oxygens (including phenoxy) is 2. The van der Waals surface area contributed by atoms with Gasteiger partial charge in [0.05, 0.1) is 24.4 Å². The van der Waals surface area contributed by atoms with Crippen molar-refractivity contribution in [3.63, 3.8) is 0 Å². The minimum absolute atomic E-state index is 0. The van der Waals surface area contributed by atoms with Crippen LogP contribution in [0, 0.1) is 11.8 Å². The van der Waals surface area contributed by atoms with Crippen LogP contribution < -0.4 is 0 Å². The Morgan fingerprint density at radius 1 is 0.692 bits per heavy atom. The van der Waals surface area contributed by atoms with Crippen molar-refractivity contribution in [3.05, 3.63) is 0 Å².